The summed E-state index contributed by atoms with van der Waals surface area (Å²) < 4.78 is 0. The molecule has 3 heterocycles. The normalized spacial score (nSPS) is 15.5. The summed E-state index contributed by atoms with van der Waals surface area (Å²) in [6.07, 6.45) is 9.37. The van der Waals surface area contributed by atoms with Gasteiger partial charge in [0.1, 0.15) is 0 Å². The largest absolute Gasteiger partial charge is 0.361 e. The molecule has 26 heavy (non-hydrogen) atoms. The highest BCUT2D eigenvalue weighted by molar-refractivity contribution is 7.12. The van der Waals surface area contributed by atoms with Gasteiger partial charge in [-0.3, -0.25) is 0 Å². The van der Waals surface area contributed by atoms with Gasteiger partial charge >= 0.3 is 0 Å². The Labute approximate surface area is 159 Å². The fraction of sp³-hybridized carbons (Fsp3) is 0.409. The van der Waals surface area contributed by atoms with Crippen LogP contribution in [0.4, 0.5) is 0 Å². The van der Waals surface area contributed by atoms with Gasteiger partial charge in [0.2, 0.25) is 0 Å². The van der Waals surface area contributed by atoms with Gasteiger partial charge in [0.25, 0.3) is 0 Å². The van der Waals surface area contributed by atoms with Crippen LogP contribution in [0, 0.1) is 5.41 Å². The number of thiophene rings is 1. The second kappa shape index (κ2) is 8.19. The van der Waals surface area contributed by atoms with Crippen LogP contribution in [0.5, 0.6) is 0 Å². The Bertz CT molecular complexity index is 857. The van der Waals surface area contributed by atoms with E-state index in [0.717, 1.165) is 11.3 Å². The van der Waals surface area contributed by atoms with E-state index in [0.29, 0.717) is 12.1 Å². The second-order valence-corrected chi connectivity index (χ2v) is 8.28. The van der Waals surface area contributed by atoms with Gasteiger partial charge in [-0.1, -0.05) is 18.6 Å². The van der Waals surface area contributed by atoms with Gasteiger partial charge in [-0.2, -0.15) is 0 Å². The highest BCUT2D eigenvalue weighted by atomic mass is 32.1. The first-order valence-corrected chi connectivity index (χ1v) is 10.6. The number of rotatable bonds is 7. The average molecular weight is 366 g/mol. The van der Waals surface area contributed by atoms with Gasteiger partial charge in [0.15, 0.2) is 0 Å². The van der Waals surface area contributed by atoms with Crippen LogP contribution in [0.15, 0.2) is 41.9 Å². The lowest BCUT2D eigenvalue weighted by molar-refractivity contribution is 0.226. The summed E-state index contributed by atoms with van der Waals surface area (Å²) in [7, 11) is 0. The van der Waals surface area contributed by atoms with E-state index < -0.39 is 0 Å². The molecule has 4 heteroatoms. The summed E-state index contributed by atoms with van der Waals surface area (Å²) in [4.78, 5) is 7.11. The van der Waals surface area contributed by atoms with Crippen LogP contribution in [-0.4, -0.2) is 35.2 Å². The third kappa shape index (κ3) is 4.08. The van der Waals surface area contributed by atoms with E-state index >= 15 is 0 Å². The molecule has 0 atom stereocenters. The van der Waals surface area contributed by atoms with E-state index in [1.807, 2.05) is 17.5 Å². The summed E-state index contributed by atoms with van der Waals surface area (Å²) in [5, 5.41) is 11.7. The van der Waals surface area contributed by atoms with E-state index in [2.05, 4.69) is 34.3 Å². The molecule has 0 spiro atoms. The molecule has 1 aliphatic heterocycles. The van der Waals surface area contributed by atoms with E-state index in [-0.39, 0.29) is 0 Å². The fourth-order valence-electron chi connectivity index (χ4n) is 3.96. The zero-order valence-electron chi connectivity index (χ0n) is 15.3. The molecule has 0 aliphatic carbocycles. The van der Waals surface area contributed by atoms with Crippen LogP contribution < -0.4 is 0 Å². The molecule has 1 aromatic carbocycles. The zero-order chi connectivity index (χ0) is 17.8. The Morgan fingerprint density at radius 2 is 2.04 bits per heavy atom. The van der Waals surface area contributed by atoms with Crippen molar-refractivity contribution in [2.45, 2.75) is 38.5 Å². The van der Waals surface area contributed by atoms with Crippen molar-refractivity contribution in [1.82, 2.24) is 9.88 Å². The molecule has 0 amide bonds. The van der Waals surface area contributed by atoms with Crippen LogP contribution in [0.1, 0.15) is 41.7 Å². The Morgan fingerprint density at radius 3 is 2.85 bits per heavy atom. The molecular formula is C22H27N3S. The van der Waals surface area contributed by atoms with E-state index in [4.69, 9.17) is 5.41 Å². The quantitative estimate of drug-likeness (QED) is 0.551. The molecule has 0 unspecified atom stereocenters. The van der Waals surface area contributed by atoms with Crippen molar-refractivity contribution in [2.75, 3.05) is 19.6 Å². The monoisotopic (exact) mass is 365 g/mol. The number of piperidine rings is 1. The van der Waals surface area contributed by atoms with Crippen LogP contribution in [0.25, 0.3) is 10.9 Å². The minimum atomic E-state index is 0.703. The molecule has 0 saturated carbocycles. The van der Waals surface area contributed by atoms with Gasteiger partial charge in [0, 0.05) is 28.4 Å². The second-order valence-electron chi connectivity index (χ2n) is 7.33. The lowest BCUT2D eigenvalue weighted by Gasteiger charge is -2.26. The zero-order valence-corrected chi connectivity index (χ0v) is 16.1. The Morgan fingerprint density at radius 1 is 1.15 bits per heavy atom. The van der Waals surface area contributed by atoms with Crippen LogP contribution in [0.2, 0.25) is 0 Å². The lowest BCUT2D eigenvalue weighted by atomic mass is 10.0. The molecule has 1 aliphatic rings. The Balaban J connectivity index is 1.41. The molecule has 1 saturated heterocycles. The number of aromatic amines is 1. The molecular weight excluding hydrogens is 338 g/mol. The highest BCUT2D eigenvalue weighted by Gasteiger charge is 2.11. The van der Waals surface area contributed by atoms with Gasteiger partial charge in [0.05, 0.1) is 5.71 Å². The van der Waals surface area contributed by atoms with E-state index in [1.54, 1.807) is 11.3 Å². The molecule has 3 nitrogen and oxygen atoms in total. The fourth-order valence-corrected chi connectivity index (χ4v) is 4.64. The van der Waals surface area contributed by atoms with Crippen LogP contribution in [0.3, 0.4) is 0 Å². The number of nitrogens with one attached hydrogen (secondary N) is 2. The lowest BCUT2D eigenvalue weighted by Crippen LogP contribution is -2.30. The first-order valence-electron chi connectivity index (χ1n) is 9.72. The van der Waals surface area contributed by atoms with Gasteiger partial charge < -0.3 is 15.3 Å². The van der Waals surface area contributed by atoms with Crippen molar-refractivity contribution in [1.29, 1.82) is 5.41 Å². The van der Waals surface area contributed by atoms with Crippen molar-refractivity contribution in [2.24, 2.45) is 0 Å². The minimum Gasteiger partial charge on any atom is -0.361 e. The maximum atomic E-state index is 8.33. The summed E-state index contributed by atoms with van der Waals surface area (Å²) in [6.45, 7) is 3.78. The number of likely N-dealkylation sites (tertiary alicyclic amines) is 1. The van der Waals surface area contributed by atoms with Gasteiger partial charge in [-0.05, 0) is 80.0 Å². The highest BCUT2D eigenvalue weighted by Crippen LogP contribution is 2.23. The molecule has 2 aromatic heterocycles. The third-order valence-electron chi connectivity index (χ3n) is 5.40. The number of aromatic nitrogens is 1. The van der Waals surface area contributed by atoms with E-state index in [1.165, 1.54) is 67.3 Å². The first kappa shape index (κ1) is 17.5. The molecule has 2 N–H and O–H groups in total. The predicted molar refractivity (Wildman–Crippen MR) is 112 cm³/mol. The van der Waals surface area contributed by atoms with Crippen LogP contribution in [-0.2, 0) is 12.8 Å². The topological polar surface area (TPSA) is 42.9 Å². The van der Waals surface area contributed by atoms with Crippen molar-refractivity contribution >= 4 is 28.0 Å². The Hall–Kier alpha value is -1.91. The molecule has 136 valence electrons. The number of benzene rings is 1. The van der Waals surface area contributed by atoms with Crippen molar-refractivity contribution in [3.8, 4) is 0 Å². The summed E-state index contributed by atoms with van der Waals surface area (Å²) in [6, 6.07) is 10.7. The SMILES string of the molecule is N=C(Cc1ccc2[nH]cc(CCCN3CCCCC3)c2c1)c1cccs1. The van der Waals surface area contributed by atoms with E-state index in [9.17, 15) is 0 Å². The predicted octanol–water partition coefficient (Wildman–Crippen LogP) is 5.26. The number of hydrogen-bond acceptors (Lipinski definition) is 3. The maximum Gasteiger partial charge on any atom is 0.0529 e. The molecule has 0 radical (unpaired) electrons. The van der Waals surface area contributed by atoms with Crippen molar-refractivity contribution < 1.29 is 0 Å². The van der Waals surface area contributed by atoms with Gasteiger partial charge in [-0.15, -0.1) is 11.3 Å². The summed E-state index contributed by atoms with van der Waals surface area (Å²) >= 11 is 1.65. The molecule has 3 aromatic rings. The maximum absolute atomic E-state index is 8.33. The first-order chi connectivity index (χ1) is 12.8. The Kier molecular flexibility index (Phi) is 5.51. The van der Waals surface area contributed by atoms with Crippen LogP contribution >= 0.6 is 11.3 Å². The van der Waals surface area contributed by atoms with Gasteiger partial charge in [-0.25, -0.2) is 0 Å². The van der Waals surface area contributed by atoms with Crippen molar-refractivity contribution in [3.05, 3.63) is 57.9 Å². The smallest absolute Gasteiger partial charge is 0.0529 e. The summed E-state index contributed by atoms with van der Waals surface area (Å²) in [5.74, 6) is 0. The minimum absolute atomic E-state index is 0.703. The number of fused-ring (bicyclic) bond motifs is 1. The van der Waals surface area contributed by atoms with Crippen molar-refractivity contribution in [3.63, 3.8) is 0 Å². The number of nitrogens with zero attached hydrogens (tertiary/aromatic N) is 1. The molecule has 4 rings (SSSR count). The number of hydrogen-bond donors (Lipinski definition) is 2. The molecule has 0 bridgehead atoms. The third-order valence-corrected chi connectivity index (χ3v) is 6.33. The number of aryl methyl sites for hydroxylation is 1. The standard InChI is InChI=1S/C22H27N3S/c23-20(22-7-5-13-26-22)15-17-8-9-21-19(14-17)18(16-24-21)6-4-12-25-10-2-1-3-11-25/h5,7-9,13-14,16,23-24H,1-4,6,10-12,15H2. The number of H-pyrrole nitrogens is 1. The molecule has 1 fully saturated rings. The average Bonchev–Trinajstić information content (AvgIpc) is 3.33. The summed E-state index contributed by atoms with van der Waals surface area (Å²) in [5.41, 5.74) is 4.57.